The van der Waals surface area contributed by atoms with Crippen molar-refractivity contribution in [2.75, 3.05) is 21.1 Å². The molecule has 33 heavy (non-hydrogen) atoms. The number of likely N-dealkylation sites (N-methyl/N-ethyl adjacent to an activating group) is 1. The third-order valence-corrected chi connectivity index (χ3v) is 6.04. The van der Waals surface area contributed by atoms with Crippen molar-refractivity contribution in [3.05, 3.63) is 66.0 Å². The Morgan fingerprint density at radius 1 is 1.09 bits per heavy atom. The van der Waals surface area contributed by atoms with E-state index < -0.39 is 18.1 Å². The van der Waals surface area contributed by atoms with Gasteiger partial charge in [0.2, 0.25) is 0 Å². The average molecular weight is 449 g/mol. The van der Waals surface area contributed by atoms with Gasteiger partial charge in [-0.3, -0.25) is 4.79 Å². The number of nitrogens with zero attached hydrogens (tertiary/aromatic N) is 1. The highest BCUT2D eigenvalue weighted by Gasteiger charge is 2.34. The Labute approximate surface area is 191 Å². The minimum absolute atomic E-state index is 0.0908. The number of aromatic hydroxyl groups is 1. The van der Waals surface area contributed by atoms with E-state index in [-0.39, 0.29) is 18.1 Å². The zero-order chi connectivity index (χ0) is 23.8. The topological polar surface area (TPSA) is 121 Å². The first kappa shape index (κ1) is 22.4. The summed E-state index contributed by atoms with van der Waals surface area (Å²) < 4.78 is 0.295. The van der Waals surface area contributed by atoms with Crippen molar-refractivity contribution in [2.24, 2.45) is 0 Å². The Morgan fingerprint density at radius 3 is 2.55 bits per heavy atom. The van der Waals surface area contributed by atoms with E-state index in [1.807, 2.05) is 57.5 Å². The number of aliphatic carboxylic acids is 1. The highest BCUT2D eigenvalue weighted by Crippen LogP contribution is 2.28. The number of carboxylic acid groups (broad SMARTS) is 1. The summed E-state index contributed by atoms with van der Waals surface area (Å²) in [7, 11) is 5.67. The lowest BCUT2D eigenvalue weighted by Crippen LogP contribution is -2.59. The summed E-state index contributed by atoms with van der Waals surface area (Å²) >= 11 is 0. The molecule has 0 aliphatic heterocycles. The molecular formula is C25H28N4O4. The predicted octanol–water partition coefficient (Wildman–Crippen LogP) is 1.45. The van der Waals surface area contributed by atoms with Crippen LogP contribution in [0.25, 0.3) is 21.8 Å². The zero-order valence-corrected chi connectivity index (χ0v) is 18.9. The lowest BCUT2D eigenvalue weighted by Gasteiger charge is -2.34. The molecule has 0 unspecified atom stereocenters. The first-order valence-electron chi connectivity index (χ1n) is 10.8. The second-order valence-corrected chi connectivity index (χ2v) is 9.32. The molecular weight excluding hydrogens is 420 g/mol. The summed E-state index contributed by atoms with van der Waals surface area (Å²) in [6.07, 6.45) is 2.24. The van der Waals surface area contributed by atoms with E-state index in [1.165, 1.54) is 0 Å². The first-order valence-corrected chi connectivity index (χ1v) is 10.8. The summed E-state index contributed by atoms with van der Waals surface area (Å²) in [6, 6.07) is 13.0. The maximum atomic E-state index is 13.3. The van der Waals surface area contributed by atoms with Crippen molar-refractivity contribution in [2.45, 2.75) is 24.9 Å². The molecule has 0 fully saturated rings. The Kier molecular flexibility index (Phi) is 5.86. The number of phenols is 1. The van der Waals surface area contributed by atoms with E-state index in [1.54, 1.807) is 18.3 Å². The molecule has 1 amide bonds. The highest BCUT2D eigenvalue weighted by molar-refractivity contribution is 5.90. The molecule has 172 valence electrons. The Hall–Kier alpha value is -3.78. The smallest absolute Gasteiger partial charge is 0.279 e. The molecule has 8 nitrogen and oxygen atoms in total. The second kappa shape index (κ2) is 8.63. The van der Waals surface area contributed by atoms with Gasteiger partial charge in [-0.2, -0.15) is 0 Å². The van der Waals surface area contributed by atoms with Gasteiger partial charge in [-0.15, -0.1) is 0 Å². The molecule has 4 rings (SSSR count). The van der Waals surface area contributed by atoms with Gasteiger partial charge in [-0.25, -0.2) is 0 Å². The highest BCUT2D eigenvalue weighted by atomic mass is 16.4. The number of carboxylic acids is 1. The van der Waals surface area contributed by atoms with Crippen LogP contribution in [0.15, 0.2) is 54.7 Å². The minimum Gasteiger partial charge on any atom is -0.548 e. The molecule has 0 aliphatic rings. The van der Waals surface area contributed by atoms with Gasteiger partial charge in [-0.05, 0) is 29.1 Å². The largest absolute Gasteiger partial charge is 0.548 e. The van der Waals surface area contributed by atoms with Crippen molar-refractivity contribution in [3.63, 3.8) is 0 Å². The molecule has 4 N–H and O–H groups in total. The molecule has 2 atom stereocenters. The van der Waals surface area contributed by atoms with Gasteiger partial charge in [-0.1, -0.05) is 30.3 Å². The van der Waals surface area contributed by atoms with Crippen molar-refractivity contribution < 1.29 is 24.3 Å². The number of fused-ring (bicyclic) bond motifs is 2. The van der Waals surface area contributed by atoms with Crippen molar-refractivity contribution in [1.82, 2.24) is 15.3 Å². The normalized spacial score (nSPS) is 13.8. The van der Waals surface area contributed by atoms with Gasteiger partial charge < -0.3 is 34.8 Å². The van der Waals surface area contributed by atoms with Crippen LogP contribution in [0.4, 0.5) is 0 Å². The number of hydrogen-bond donors (Lipinski definition) is 4. The van der Waals surface area contributed by atoms with Crippen LogP contribution in [0.3, 0.4) is 0 Å². The molecule has 2 heterocycles. The number of H-pyrrole nitrogens is 2. The number of carbonyl (C=O) groups excluding carboxylic acids is 2. The summed E-state index contributed by atoms with van der Waals surface area (Å²) in [6.45, 7) is 0. The third-order valence-electron chi connectivity index (χ3n) is 6.04. The van der Waals surface area contributed by atoms with Crippen molar-refractivity contribution >= 4 is 33.7 Å². The van der Waals surface area contributed by atoms with Crippen LogP contribution in [0.5, 0.6) is 5.75 Å². The van der Waals surface area contributed by atoms with Crippen LogP contribution in [0, 0.1) is 0 Å². The number of para-hydroxylation sites is 2. The van der Waals surface area contributed by atoms with Crippen LogP contribution < -0.4 is 10.4 Å². The fourth-order valence-corrected chi connectivity index (χ4v) is 4.22. The molecule has 0 spiro atoms. The molecule has 0 saturated heterocycles. The summed E-state index contributed by atoms with van der Waals surface area (Å²) in [5, 5.41) is 26.4. The molecule has 2 aromatic heterocycles. The molecule has 0 saturated carbocycles. The number of aromatic nitrogens is 2. The molecule has 0 aliphatic carbocycles. The monoisotopic (exact) mass is 448 g/mol. The second-order valence-electron chi connectivity index (χ2n) is 9.32. The van der Waals surface area contributed by atoms with E-state index in [2.05, 4.69) is 15.3 Å². The molecule has 0 bridgehead atoms. The Bertz CT molecular complexity index is 1280. The fraction of sp³-hybridized carbons (Fsp3) is 0.280. The van der Waals surface area contributed by atoms with Gasteiger partial charge in [0.05, 0.1) is 38.7 Å². The maximum absolute atomic E-state index is 13.3. The Balaban J connectivity index is 1.56. The van der Waals surface area contributed by atoms with Gasteiger partial charge in [0.1, 0.15) is 5.75 Å². The standard InChI is InChI=1S/C25H28N4O4/c1-29(2,3)21(12-16-14-26-23-18(16)8-6-10-22(23)30)24(31)28-20(25(32)33)13-17-11-15-7-4-5-9-19(15)27-17/h4-11,14,20-21,26-27H,12-13H2,1-3H3,(H2-,28,30,31,32,33)/t20-,21-/m0/s1. The number of rotatable bonds is 8. The van der Waals surface area contributed by atoms with E-state index in [0.29, 0.717) is 22.1 Å². The molecule has 2 aromatic carbocycles. The minimum atomic E-state index is -1.33. The lowest BCUT2D eigenvalue weighted by atomic mass is 10.0. The van der Waals surface area contributed by atoms with Crippen LogP contribution in [-0.2, 0) is 22.4 Å². The average Bonchev–Trinajstić information content (AvgIpc) is 3.34. The summed E-state index contributed by atoms with van der Waals surface area (Å²) in [4.78, 5) is 31.4. The maximum Gasteiger partial charge on any atom is 0.279 e. The molecule has 8 heteroatoms. The number of carbonyl (C=O) groups is 2. The number of amides is 1. The van der Waals surface area contributed by atoms with Crippen molar-refractivity contribution in [3.8, 4) is 5.75 Å². The first-order chi connectivity index (χ1) is 15.6. The number of nitrogens with one attached hydrogen (secondary N) is 3. The third kappa shape index (κ3) is 4.70. The number of benzene rings is 2. The van der Waals surface area contributed by atoms with Gasteiger partial charge in [0.25, 0.3) is 5.91 Å². The predicted molar refractivity (Wildman–Crippen MR) is 124 cm³/mol. The van der Waals surface area contributed by atoms with Crippen LogP contribution in [0.2, 0.25) is 0 Å². The van der Waals surface area contributed by atoms with E-state index in [0.717, 1.165) is 21.9 Å². The van der Waals surface area contributed by atoms with Crippen LogP contribution >= 0.6 is 0 Å². The number of aromatic amines is 2. The molecule has 4 aromatic rings. The van der Waals surface area contributed by atoms with Gasteiger partial charge in [0.15, 0.2) is 6.04 Å². The number of hydrogen-bond acceptors (Lipinski definition) is 4. The molecule has 0 radical (unpaired) electrons. The van der Waals surface area contributed by atoms with Crippen molar-refractivity contribution in [1.29, 1.82) is 0 Å². The van der Waals surface area contributed by atoms with Gasteiger partial charge in [0, 0.05) is 35.6 Å². The number of phenolic OH excluding ortho intramolecular Hbond substituents is 1. The summed E-state index contributed by atoms with van der Waals surface area (Å²) in [5.74, 6) is -1.57. The fourth-order valence-electron chi connectivity index (χ4n) is 4.22. The SMILES string of the molecule is C[N+](C)(C)[C@@H](Cc1c[nH]c2c(O)cccc12)C(=O)N[C@@H](Cc1cc2ccccc2[nH]1)C(=O)[O-]. The van der Waals surface area contributed by atoms with E-state index in [4.69, 9.17) is 0 Å². The zero-order valence-electron chi connectivity index (χ0n) is 18.9. The quantitative estimate of drug-likeness (QED) is 0.305. The van der Waals surface area contributed by atoms with Crippen LogP contribution in [0.1, 0.15) is 11.3 Å². The van der Waals surface area contributed by atoms with Gasteiger partial charge >= 0.3 is 0 Å². The Morgan fingerprint density at radius 2 is 1.85 bits per heavy atom. The van der Waals surface area contributed by atoms with E-state index in [9.17, 15) is 19.8 Å². The number of quaternary nitrogens is 1. The summed E-state index contributed by atoms with van der Waals surface area (Å²) in [5.41, 5.74) is 3.09. The lowest BCUT2D eigenvalue weighted by molar-refractivity contribution is -0.886. The van der Waals surface area contributed by atoms with Crippen LogP contribution in [-0.4, -0.2) is 64.7 Å². The van der Waals surface area contributed by atoms with E-state index >= 15 is 0 Å².